The van der Waals surface area contributed by atoms with Crippen molar-refractivity contribution in [2.45, 2.75) is 64.0 Å². The molecule has 0 bridgehead atoms. The number of nitrogens with zero attached hydrogens (tertiary/aromatic N) is 1. The fourth-order valence-electron chi connectivity index (χ4n) is 2.71. The molecule has 5 nitrogen and oxygen atoms in total. The Morgan fingerprint density at radius 3 is 2.28 bits per heavy atom. The molecule has 1 aliphatic carbocycles. The van der Waals surface area contributed by atoms with E-state index in [1.54, 1.807) is 6.92 Å². The molecule has 1 N–H and O–H groups in total. The molecule has 5 heteroatoms. The van der Waals surface area contributed by atoms with Gasteiger partial charge in [-0.05, 0) is 19.8 Å². The van der Waals surface area contributed by atoms with Gasteiger partial charge in [-0.1, -0.05) is 19.3 Å². The molecule has 1 aliphatic heterocycles. The van der Waals surface area contributed by atoms with Gasteiger partial charge in [-0.2, -0.15) is 0 Å². The van der Waals surface area contributed by atoms with Gasteiger partial charge in [0.05, 0.1) is 0 Å². The molecule has 0 spiro atoms. The fourth-order valence-corrected chi connectivity index (χ4v) is 2.71. The molecular weight excluding hydrogens is 232 g/mol. The van der Waals surface area contributed by atoms with Gasteiger partial charge in [-0.3, -0.25) is 19.3 Å². The third kappa shape index (κ3) is 2.71. The van der Waals surface area contributed by atoms with Gasteiger partial charge in [0.15, 0.2) is 0 Å². The maximum absolute atomic E-state index is 12.0. The summed E-state index contributed by atoms with van der Waals surface area (Å²) in [4.78, 5) is 36.2. The van der Waals surface area contributed by atoms with Gasteiger partial charge in [0.2, 0.25) is 17.7 Å². The van der Waals surface area contributed by atoms with Crippen molar-refractivity contribution in [1.82, 2.24) is 10.2 Å². The number of hydrogen-bond acceptors (Lipinski definition) is 3. The molecule has 2 rings (SSSR count). The highest BCUT2D eigenvalue weighted by atomic mass is 16.2. The highest BCUT2D eigenvalue weighted by molar-refractivity contribution is 6.05. The summed E-state index contributed by atoms with van der Waals surface area (Å²) in [5.41, 5.74) is 0. The van der Waals surface area contributed by atoms with Crippen LogP contribution < -0.4 is 5.32 Å². The van der Waals surface area contributed by atoms with Crippen LogP contribution in [0, 0.1) is 0 Å². The van der Waals surface area contributed by atoms with E-state index in [4.69, 9.17) is 0 Å². The summed E-state index contributed by atoms with van der Waals surface area (Å²) in [5, 5.41) is 2.95. The number of imide groups is 1. The SMILES string of the molecule is C[C@@H](C(=O)NC1CCCCC1)N1C(=O)CCC1=O. The molecule has 2 aliphatic rings. The summed E-state index contributed by atoms with van der Waals surface area (Å²) < 4.78 is 0. The van der Waals surface area contributed by atoms with Crippen LogP contribution in [0.4, 0.5) is 0 Å². The molecule has 1 heterocycles. The van der Waals surface area contributed by atoms with E-state index in [2.05, 4.69) is 5.32 Å². The number of carbonyl (C=O) groups excluding carboxylic acids is 3. The van der Waals surface area contributed by atoms with E-state index in [0.717, 1.165) is 30.6 Å². The molecule has 0 unspecified atom stereocenters. The number of likely N-dealkylation sites (tertiary alicyclic amines) is 1. The van der Waals surface area contributed by atoms with E-state index >= 15 is 0 Å². The van der Waals surface area contributed by atoms with Crippen LogP contribution in [0.1, 0.15) is 51.9 Å². The predicted molar refractivity (Wildman–Crippen MR) is 65.6 cm³/mol. The summed E-state index contributed by atoms with van der Waals surface area (Å²) in [6, 6.07) is -0.462. The van der Waals surface area contributed by atoms with Crippen molar-refractivity contribution >= 4 is 17.7 Å². The van der Waals surface area contributed by atoms with E-state index < -0.39 is 6.04 Å². The van der Waals surface area contributed by atoms with Crippen LogP contribution in [-0.4, -0.2) is 34.7 Å². The number of amides is 3. The molecule has 2 fully saturated rings. The number of nitrogens with one attached hydrogen (secondary N) is 1. The molecule has 1 atom stereocenters. The van der Waals surface area contributed by atoms with Gasteiger partial charge in [0.1, 0.15) is 6.04 Å². The van der Waals surface area contributed by atoms with E-state index in [9.17, 15) is 14.4 Å². The summed E-state index contributed by atoms with van der Waals surface area (Å²) in [7, 11) is 0. The first-order valence-corrected chi connectivity index (χ1v) is 6.75. The third-order valence-electron chi connectivity index (χ3n) is 3.81. The average molecular weight is 252 g/mol. The van der Waals surface area contributed by atoms with E-state index in [1.807, 2.05) is 0 Å². The van der Waals surface area contributed by atoms with Gasteiger partial charge >= 0.3 is 0 Å². The Morgan fingerprint density at radius 2 is 1.72 bits per heavy atom. The summed E-state index contributed by atoms with van der Waals surface area (Å²) in [6.07, 6.45) is 5.98. The van der Waals surface area contributed by atoms with Crippen LogP contribution in [0.3, 0.4) is 0 Å². The molecule has 1 saturated heterocycles. The Balaban J connectivity index is 1.91. The van der Waals surface area contributed by atoms with Gasteiger partial charge in [-0.25, -0.2) is 0 Å². The van der Waals surface area contributed by atoms with Crippen LogP contribution >= 0.6 is 0 Å². The molecule has 100 valence electrons. The van der Waals surface area contributed by atoms with Gasteiger partial charge < -0.3 is 5.32 Å². The largest absolute Gasteiger partial charge is 0.352 e. The normalized spacial score (nSPS) is 23.3. The van der Waals surface area contributed by atoms with Crippen LogP contribution in [0.25, 0.3) is 0 Å². The van der Waals surface area contributed by atoms with Crippen molar-refractivity contribution in [2.75, 3.05) is 0 Å². The Kier molecular flexibility index (Phi) is 3.99. The molecule has 0 aromatic rings. The molecule has 0 aromatic heterocycles. The Morgan fingerprint density at radius 1 is 1.17 bits per heavy atom. The van der Waals surface area contributed by atoms with Crippen molar-refractivity contribution in [1.29, 1.82) is 0 Å². The van der Waals surface area contributed by atoms with E-state index in [1.165, 1.54) is 6.42 Å². The predicted octanol–water partition coefficient (Wildman–Crippen LogP) is 0.973. The smallest absolute Gasteiger partial charge is 0.243 e. The molecule has 0 radical (unpaired) electrons. The molecule has 18 heavy (non-hydrogen) atoms. The summed E-state index contributed by atoms with van der Waals surface area (Å²) in [5.74, 6) is -0.664. The quantitative estimate of drug-likeness (QED) is 0.761. The number of carbonyl (C=O) groups is 3. The minimum atomic E-state index is -0.672. The van der Waals surface area contributed by atoms with Crippen molar-refractivity contribution in [3.8, 4) is 0 Å². The number of rotatable bonds is 3. The van der Waals surface area contributed by atoms with Crippen LogP contribution in [-0.2, 0) is 14.4 Å². The monoisotopic (exact) mass is 252 g/mol. The number of hydrogen-bond donors (Lipinski definition) is 1. The maximum Gasteiger partial charge on any atom is 0.243 e. The van der Waals surface area contributed by atoms with Crippen molar-refractivity contribution in [3.63, 3.8) is 0 Å². The lowest BCUT2D eigenvalue weighted by Crippen LogP contribution is -2.50. The minimum Gasteiger partial charge on any atom is -0.352 e. The van der Waals surface area contributed by atoms with Gasteiger partial charge in [0.25, 0.3) is 0 Å². The van der Waals surface area contributed by atoms with E-state index in [-0.39, 0.29) is 36.6 Å². The van der Waals surface area contributed by atoms with Crippen LogP contribution in [0.15, 0.2) is 0 Å². The summed E-state index contributed by atoms with van der Waals surface area (Å²) in [6.45, 7) is 1.62. The van der Waals surface area contributed by atoms with Gasteiger partial charge in [0, 0.05) is 18.9 Å². The van der Waals surface area contributed by atoms with Crippen molar-refractivity contribution in [2.24, 2.45) is 0 Å². The van der Waals surface area contributed by atoms with Crippen LogP contribution in [0.2, 0.25) is 0 Å². The van der Waals surface area contributed by atoms with Crippen LogP contribution in [0.5, 0.6) is 0 Å². The Hall–Kier alpha value is -1.39. The second-order valence-electron chi connectivity index (χ2n) is 5.18. The second kappa shape index (κ2) is 5.50. The lowest BCUT2D eigenvalue weighted by molar-refractivity contribution is -0.146. The van der Waals surface area contributed by atoms with Crippen molar-refractivity contribution in [3.05, 3.63) is 0 Å². The first kappa shape index (κ1) is 13.1. The first-order valence-electron chi connectivity index (χ1n) is 6.75. The summed E-state index contributed by atoms with van der Waals surface area (Å²) >= 11 is 0. The van der Waals surface area contributed by atoms with Crippen molar-refractivity contribution < 1.29 is 14.4 Å². The lowest BCUT2D eigenvalue weighted by atomic mass is 9.95. The standard InChI is InChI=1S/C13H20N2O3/c1-9(15-11(16)7-8-12(15)17)13(18)14-10-5-3-2-4-6-10/h9-10H,2-8H2,1H3,(H,14,18)/t9-/m0/s1. The highest BCUT2D eigenvalue weighted by Gasteiger charge is 2.36. The minimum absolute atomic E-state index is 0.203. The fraction of sp³-hybridized carbons (Fsp3) is 0.769. The Labute approximate surface area is 107 Å². The lowest BCUT2D eigenvalue weighted by Gasteiger charge is -2.27. The third-order valence-corrected chi connectivity index (χ3v) is 3.81. The van der Waals surface area contributed by atoms with E-state index in [0.29, 0.717) is 0 Å². The Bertz CT molecular complexity index is 345. The second-order valence-corrected chi connectivity index (χ2v) is 5.18. The zero-order chi connectivity index (χ0) is 13.1. The molecule has 1 saturated carbocycles. The zero-order valence-electron chi connectivity index (χ0n) is 10.8. The zero-order valence-corrected chi connectivity index (χ0v) is 10.8. The average Bonchev–Trinajstić information content (AvgIpc) is 2.69. The maximum atomic E-state index is 12.0. The molecule has 0 aromatic carbocycles. The first-order chi connectivity index (χ1) is 8.59. The topological polar surface area (TPSA) is 66.5 Å². The van der Waals surface area contributed by atoms with Gasteiger partial charge in [-0.15, -0.1) is 0 Å². The highest BCUT2D eigenvalue weighted by Crippen LogP contribution is 2.19. The molecule has 3 amide bonds. The molecular formula is C13H20N2O3.